The summed E-state index contributed by atoms with van der Waals surface area (Å²) in [6.07, 6.45) is 1.86. The molecule has 0 radical (unpaired) electrons. The van der Waals surface area contributed by atoms with Gasteiger partial charge in [0.05, 0.1) is 4.90 Å². The Kier molecular flexibility index (Phi) is 3.58. The molecule has 96 valence electrons. The minimum Gasteiger partial charge on any atom is -0.312 e. The predicted octanol–water partition coefficient (Wildman–Crippen LogP) is 1.69. The zero-order valence-electron chi connectivity index (χ0n) is 10.1. The van der Waals surface area contributed by atoms with E-state index in [1.807, 2.05) is 19.2 Å². The van der Waals surface area contributed by atoms with Crippen molar-refractivity contribution in [2.24, 2.45) is 0 Å². The zero-order chi connectivity index (χ0) is 12.5. The largest absolute Gasteiger partial charge is 0.312 e. The molecule has 0 aliphatic heterocycles. The molecule has 1 aliphatic carbocycles. The molecule has 1 heterocycles. The molecule has 0 aromatic carbocycles. The number of thiophene rings is 1. The van der Waals surface area contributed by atoms with Crippen LogP contribution >= 0.6 is 11.3 Å². The standard InChI is InChI=1S/C11H18N2O2S2/c1-3-12-8-9-10(4-7-16-9)17(14,15)13-11(2)5-6-11/h4,7,12-13H,3,5-6,8H2,1-2H3. The van der Waals surface area contributed by atoms with Crippen LogP contribution in [0.4, 0.5) is 0 Å². The van der Waals surface area contributed by atoms with Gasteiger partial charge in [-0.3, -0.25) is 0 Å². The van der Waals surface area contributed by atoms with E-state index in [9.17, 15) is 8.42 Å². The normalized spacial score (nSPS) is 18.2. The van der Waals surface area contributed by atoms with Crippen LogP contribution in [0.15, 0.2) is 16.3 Å². The van der Waals surface area contributed by atoms with Gasteiger partial charge in [0.15, 0.2) is 0 Å². The maximum Gasteiger partial charge on any atom is 0.242 e. The highest BCUT2D eigenvalue weighted by atomic mass is 32.2. The third-order valence-corrected chi connectivity index (χ3v) is 5.68. The van der Waals surface area contributed by atoms with Gasteiger partial charge >= 0.3 is 0 Å². The summed E-state index contributed by atoms with van der Waals surface area (Å²) >= 11 is 1.48. The van der Waals surface area contributed by atoms with E-state index in [0.717, 1.165) is 24.3 Å². The Bertz CT molecular complexity index is 489. The zero-order valence-corrected chi connectivity index (χ0v) is 11.7. The second-order valence-electron chi connectivity index (χ2n) is 4.65. The summed E-state index contributed by atoms with van der Waals surface area (Å²) in [5, 5.41) is 4.99. The predicted molar refractivity (Wildman–Crippen MR) is 69.7 cm³/mol. The first kappa shape index (κ1) is 13.0. The van der Waals surface area contributed by atoms with Crippen molar-refractivity contribution >= 4 is 21.4 Å². The minimum absolute atomic E-state index is 0.212. The molecular formula is C11H18N2O2S2. The topological polar surface area (TPSA) is 58.2 Å². The fraction of sp³-hybridized carbons (Fsp3) is 0.636. The smallest absolute Gasteiger partial charge is 0.242 e. The Morgan fingerprint density at radius 3 is 2.76 bits per heavy atom. The lowest BCUT2D eigenvalue weighted by Gasteiger charge is -2.12. The fourth-order valence-corrected chi connectivity index (χ4v) is 4.48. The van der Waals surface area contributed by atoms with E-state index in [1.54, 1.807) is 6.07 Å². The van der Waals surface area contributed by atoms with Crippen LogP contribution < -0.4 is 10.0 Å². The molecule has 6 heteroatoms. The third-order valence-electron chi connectivity index (χ3n) is 2.91. The third kappa shape index (κ3) is 3.07. The molecule has 4 nitrogen and oxygen atoms in total. The van der Waals surface area contributed by atoms with Gasteiger partial charge in [-0.2, -0.15) is 0 Å². The van der Waals surface area contributed by atoms with Crippen molar-refractivity contribution in [2.75, 3.05) is 6.54 Å². The maximum absolute atomic E-state index is 12.2. The summed E-state index contributed by atoms with van der Waals surface area (Å²) < 4.78 is 27.2. The number of nitrogens with one attached hydrogen (secondary N) is 2. The van der Waals surface area contributed by atoms with Crippen molar-refractivity contribution in [3.8, 4) is 0 Å². The van der Waals surface area contributed by atoms with Crippen molar-refractivity contribution in [3.63, 3.8) is 0 Å². The van der Waals surface area contributed by atoms with E-state index in [4.69, 9.17) is 0 Å². The lowest BCUT2D eigenvalue weighted by molar-refractivity contribution is 0.556. The van der Waals surface area contributed by atoms with E-state index in [0.29, 0.717) is 11.4 Å². The monoisotopic (exact) mass is 274 g/mol. The second-order valence-corrected chi connectivity index (χ2v) is 7.31. The summed E-state index contributed by atoms with van der Waals surface area (Å²) in [6.45, 7) is 5.40. The molecule has 0 amide bonds. The first-order valence-electron chi connectivity index (χ1n) is 5.78. The molecule has 1 saturated carbocycles. The van der Waals surface area contributed by atoms with Crippen LogP contribution in [0.5, 0.6) is 0 Å². The maximum atomic E-state index is 12.2. The van der Waals surface area contributed by atoms with E-state index in [2.05, 4.69) is 10.0 Å². The minimum atomic E-state index is -3.35. The Hall–Kier alpha value is -0.430. The van der Waals surface area contributed by atoms with Crippen LogP contribution in [0.1, 0.15) is 31.6 Å². The lowest BCUT2D eigenvalue weighted by Crippen LogP contribution is -2.34. The highest BCUT2D eigenvalue weighted by Crippen LogP contribution is 2.36. The SMILES string of the molecule is CCNCc1sccc1S(=O)(=O)NC1(C)CC1. The van der Waals surface area contributed by atoms with Gasteiger partial charge in [0.1, 0.15) is 0 Å². The van der Waals surface area contributed by atoms with Crippen LogP contribution in [-0.2, 0) is 16.6 Å². The number of hydrogen-bond donors (Lipinski definition) is 2. The number of rotatable bonds is 6. The summed E-state index contributed by atoms with van der Waals surface area (Å²) in [5.74, 6) is 0. The molecule has 0 unspecified atom stereocenters. The molecule has 1 aromatic rings. The van der Waals surface area contributed by atoms with Gasteiger partial charge in [-0.05, 0) is 37.8 Å². The Labute approximate surface area is 106 Å². The average Bonchev–Trinajstić information content (AvgIpc) is 2.81. The Balaban J connectivity index is 2.17. The molecule has 1 aliphatic rings. The van der Waals surface area contributed by atoms with Crippen LogP contribution in [0, 0.1) is 0 Å². The van der Waals surface area contributed by atoms with Crippen LogP contribution in [0.25, 0.3) is 0 Å². The number of hydrogen-bond acceptors (Lipinski definition) is 4. The molecule has 1 aromatic heterocycles. The van der Waals surface area contributed by atoms with Gasteiger partial charge < -0.3 is 5.32 Å². The molecule has 17 heavy (non-hydrogen) atoms. The van der Waals surface area contributed by atoms with E-state index < -0.39 is 10.0 Å². The fourth-order valence-electron chi connectivity index (χ4n) is 1.60. The van der Waals surface area contributed by atoms with Crippen molar-refractivity contribution in [1.82, 2.24) is 10.0 Å². The lowest BCUT2D eigenvalue weighted by atomic mass is 10.4. The van der Waals surface area contributed by atoms with Crippen molar-refractivity contribution < 1.29 is 8.42 Å². The summed E-state index contributed by atoms with van der Waals surface area (Å²) in [4.78, 5) is 1.31. The highest BCUT2D eigenvalue weighted by Gasteiger charge is 2.41. The molecule has 1 fully saturated rings. The number of sulfonamides is 1. The first-order chi connectivity index (χ1) is 7.97. The molecule has 0 saturated heterocycles. The molecular weight excluding hydrogens is 256 g/mol. The van der Waals surface area contributed by atoms with Gasteiger partial charge in [-0.15, -0.1) is 11.3 Å². The van der Waals surface area contributed by atoms with Gasteiger partial charge in [0, 0.05) is 17.0 Å². The summed E-state index contributed by atoms with van der Waals surface area (Å²) in [7, 11) is -3.35. The van der Waals surface area contributed by atoms with Crippen molar-refractivity contribution in [2.45, 2.75) is 43.7 Å². The molecule has 0 atom stereocenters. The molecule has 0 bridgehead atoms. The first-order valence-corrected chi connectivity index (χ1v) is 8.14. The molecule has 2 rings (SSSR count). The summed E-state index contributed by atoms with van der Waals surface area (Å²) in [6, 6.07) is 1.69. The van der Waals surface area contributed by atoms with Crippen LogP contribution in [0.2, 0.25) is 0 Å². The van der Waals surface area contributed by atoms with E-state index >= 15 is 0 Å². The van der Waals surface area contributed by atoms with Crippen molar-refractivity contribution in [3.05, 3.63) is 16.3 Å². The molecule has 2 N–H and O–H groups in total. The van der Waals surface area contributed by atoms with Crippen LogP contribution in [-0.4, -0.2) is 20.5 Å². The summed E-state index contributed by atoms with van der Waals surface area (Å²) in [5.41, 5.74) is -0.212. The van der Waals surface area contributed by atoms with E-state index in [-0.39, 0.29) is 5.54 Å². The molecule has 0 spiro atoms. The van der Waals surface area contributed by atoms with Gasteiger partial charge in [0.2, 0.25) is 10.0 Å². The highest BCUT2D eigenvalue weighted by molar-refractivity contribution is 7.89. The van der Waals surface area contributed by atoms with E-state index in [1.165, 1.54) is 11.3 Å². The second kappa shape index (κ2) is 4.68. The Morgan fingerprint density at radius 2 is 2.18 bits per heavy atom. The van der Waals surface area contributed by atoms with Crippen molar-refractivity contribution in [1.29, 1.82) is 0 Å². The quantitative estimate of drug-likeness (QED) is 0.830. The average molecular weight is 274 g/mol. The van der Waals surface area contributed by atoms with Gasteiger partial charge in [-0.25, -0.2) is 13.1 Å². The Morgan fingerprint density at radius 1 is 1.47 bits per heavy atom. The van der Waals surface area contributed by atoms with Gasteiger partial charge in [0.25, 0.3) is 0 Å². The van der Waals surface area contributed by atoms with Gasteiger partial charge in [-0.1, -0.05) is 6.92 Å². The van der Waals surface area contributed by atoms with Crippen LogP contribution in [0.3, 0.4) is 0 Å².